The van der Waals surface area contributed by atoms with E-state index in [4.69, 9.17) is 10.5 Å². The van der Waals surface area contributed by atoms with Crippen LogP contribution < -0.4 is 15.8 Å². The van der Waals surface area contributed by atoms with Gasteiger partial charge in [0.05, 0.1) is 12.7 Å². The summed E-state index contributed by atoms with van der Waals surface area (Å²) < 4.78 is 10.2. The molecule has 0 heterocycles. The third kappa shape index (κ3) is 4.81. The number of hydrogen-bond donors (Lipinski definition) is 2. The van der Waals surface area contributed by atoms with Crippen LogP contribution in [0.4, 0.5) is 5.69 Å². The second kappa shape index (κ2) is 7.96. The summed E-state index contributed by atoms with van der Waals surface area (Å²) in [5, 5.41) is 2.68. The average Bonchev–Trinajstić information content (AvgIpc) is 2.62. The van der Waals surface area contributed by atoms with Crippen LogP contribution in [0.2, 0.25) is 0 Å². The third-order valence-electron chi connectivity index (χ3n) is 3.39. The summed E-state index contributed by atoms with van der Waals surface area (Å²) in [6.07, 6.45) is -0.764. The van der Waals surface area contributed by atoms with E-state index < -0.39 is 18.0 Å². The number of ether oxygens (including phenoxy) is 2. The van der Waals surface area contributed by atoms with Gasteiger partial charge in [0.1, 0.15) is 5.75 Å². The lowest BCUT2D eigenvalue weighted by Crippen LogP contribution is -2.30. The van der Waals surface area contributed by atoms with E-state index in [1.54, 1.807) is 43.3 Å². The van der Waals surface area contributed by atoms with Gasteiger partial charge in [-0.05, 0) is 55.5 Å². The zero-order chi connectivity index (χ0) is 18.4. The van der Waals surface area contributed by atoms with Crippen LogP contribution >= 0.6 is 0 Å². The molecule has 0 aliphatic heterocycles. The quantitative estimate of drug-likeness (QED) is 0.781. The number of carbonyl (C=O) groups is 3. The molecule has 2 rings (SSSR count). The van der Waals surface area contributed by atoms with Crippen molar-refractivity contribution in [2.24, 2.45) is 5.73 Å². The Balaban J connectivity index is 1.95. The minimum atomic E-state index is -0.764. The fourth-order valence-corrected chi connectivity index (χ4v) is 2.01. The van der Waals surface area contributed by atoms with E-state index in [9.17, 15) is 14.4 Å². The van der Waals surface area contributed by atoms with Gasteiger partial charge in [-0.15, -0.1) is 0 Å². The Morgan fingerprint density at radius 3 is 2.04 bits per heavy atom. The first-order valence-corrected chi connectivity index (χ1v) is 7.46. The van der Waals surface area contributed by atoms with Gasteiger partial charge in [0, 0.05) is 11.3 Å². The van der Waals surface area contributed by atoms with E-state index in [0.717, 1.165) is 0 Å². The first-order valence-electron chi connectivity index (χ1n) is 7.46. The summed E-state index contributed by atoms with van der Waals surface area (Å²) >= 11 is 0. The fourth-order valence-electron chi connectivity index (χ4n) is 2.01. The summed E-state index contributed by atoms with van der Waals surface area (Å²) in [4.78, 5) is 34.5. The van der Waals surface area contributed by atoms with Crippen molar-refractivity contribution in [3.63, 3.8) is 0 Å². The van der Waals surface area contributed by atoms with Gasteiger partial charge in [-0.2, -0.15) is 0 Å². The number of carbonyl (C=O) groups excluding carboxylic acids is 3. The molecule has 2 aromatic carbocycles. The Bertz CT molecular complexity index is 769. The van der Waals surface area contributed by atoms with Crippen LogP contribution in [0.1, 0.15) is 27.6 Å². The molecule has 7 nitrogen and oxygen atoms in total. The van der Waals surface area contributed by atoms with Crippen molar-refractivity contribution in [3.8, 4) is 5.75 Å². The maximum atomic E-state index is 12.2. The van der Waals surface area contributed by atoms with Crippen molar-refractivity contribution < 1.29 is 23.9 Å². The van der Waals surface area contributed by atoms with Gasteiger partial charge in [0.2, 0.25) is 5.91 Å². The van der Waals surface area contributed by atoms with E-state index in [-0.39, 0.29) is 5.91 Å². The zero-order valence-electron chi connectivity index (χ0n) is 13.8. The first kappa shape index (κ1) is 18.0. The monoisotopic (exact) mass is 342 g/mol. The molecule has 0 aromatic heterocycles. The molecule has 0 saturated carbocycles. The summed E-state index contributed by atoms with van der Waals surface area (Å²) in [7, 11) is 1.30. The van der Waals surface area contributed by atoms with E-state index >= 15 is 0 Å². The number of nitrogens with two attached hydrogens (primary N) is 1. The maximum Gasteiger partial charge on any atom is 0.337 e. The fraction of sp³-hybridized carbons (Fsp3) is 0.167. The number of hydrogen-bond acceptors (Lipinski definition) is 5. The molecule has 130 valence electrons. The predicted molar refractivity (Wildman–Crippen MR) is 91.5 cm³/mol. The van der Waals surface area contributed by atoms with Crippen LogP contribution in [0.5, 0.6) is 5.75 Å². The van der Waals surface area contributed by atoms with E-state index in [1.165, 1.54) is 19.2 Å². The molecule has 0 spiro atoms. The highest BCUT2D eigenvalue weighted by Crippen LogP contribution is 2.16. The average molecular weight is 342 g/mol. The van der Waals surface area contributed by atoms with Gasteiger partial charge < -0.3 is 20.5 Å². The second-order valence-corrected chi connectivity index (χ2v) is 5.21. The Hall–Kier alpha value is -3.35. The molecule has 7 heteroatoms. The van der Waals surface area contributed by atoms with Crippen LogP contribution in [0.3, 0.4) is 0 Å². The Kier molecular flexibility index (Phi) is 5.73. The smallest absolute Gasteiger partial charge is 0.337 e. The molecule has 0 aliphatic carbocycles. The highest BCUT2D eigenvalue weighted by Gasteiger charge is 2.15. The van der Waals surface area contributed by atoms with Crippen molar-refractivity contribution in [1.29, 1.82) is 0 Å². The van der Waals surface area contributed by atoms with E-state index in [1.807, 2.05) is 0 Å². The standard InChI is InChI=1S/C18H18N2O5/c1-11(25-15-9-5-13(6-10-15)18(23)24-2)17(22)20-14-7-3-12(4-8-14)16(19)21/h3-11H,1-2H3,(H2,19,21)(H,20,22)/t11-/m0/s1. The van der Waals surface area contributed by atoms with Crippen LogP contribution in [0.25, 0.3) is 0 Å². The molecule has 0 saturated heterocycles. The highest BCUT2D eigenvalue weighted by atomic mass is 16.5. The minimum Gasteiger partial charge on any atom is -0.481 e. The van der Waals surface area contributed by atoms with E-state index in [2.05, 4.69) is 10.1 Å². The molecule has 0 aliphatic rings. The zero-order valence-corrected chi connectivity index (χ0v) is 13.8. The summed E-state index contributed by atoms with van der Waals surface area (Å²) in [5.41, 5.74) is 6.43. The predicted octanol–water partition coefficient (Wildman–Crippen LogP) is 1.98. The van der Waals surface area contributed by atoms with Crippen molar-refractivity contribution >= 4 is 23.5 Å². The first-order chi connectivity index (χ1) is 11.9. The Morgan fingerprint density at radius 1 is 0.960 bits per heavy atom. The Morgan fingerprint density at radius 2 is 1.52 bits per heavy atom. The molecule has 2 amide bonds. The molecular formula is C18H18N2O5. The van der Waals surface area contributed by atoms with E-state index in [0.29, 0.717) is 22.6 Å². The molecular weight excluding hydrogens is 324 g/mol. The summed E-state index contributed by atoms with van der Waals surface area (Å²) in [6, 6.07) is 12.5. The summed E-state index contributed by atoms with van der Waals surface area (Å²) in [5.74, 6) is -0.898. The number of esters is 1. The SMILES string of the molecule is COC(=O)c1ccc(O[C@@H](C)C(=O)Nc2ccc(C(N)=O)cc2)cc1. The molecule has 2 aromatic rings. The normalized spacial score (nSPS) is 11.3. The molecule has 0 radical (unpaired) electrons. The largest absolute Gasteiger partial charge is 0.481 e. The minimum absolute atomic E-state index is 0.355. The van der Waals surface area contributed by atoms with Crippen molar-refractivity contribution in [1.82, 2.24) is 0 Å². The number of primary amides is 1. The van der Waals surface area contributed by atoms with Crippen molar-refractivity contribution in [3.05, 3.63) is 59.7 Å². The number of methoxy groups -OCH3 is 1. The van der Waals surface area contributed by atoms with Gasteiger partial charge in [-0.1, -0.05) is 0 Å². The van der Waals surface area contributed by atoms with Gasteiger partial charge in [0.15, 0.2) is 6.10 Å². The van der Waals surface area contributed by atoms with Crippen LogP contribution in [-0.4, -0.2) is 31.0 Å². The lowest BCUT2D eigenvalue weighted by atomic mass is 10.2. The lowest BCUT2D eigenvalue weighted by molar-refractivity contribution is -0.122. The van der Waals surface area contributed by atoms with Crippen LogP contribution in [-0.2, 0) is 9.53 Å². The summed E-state index contributed by atoms with van der Waals surface area (Å²) in [6.45, 7) is 1.60. The van der Waals surface area contributed by atoms with Gasteiger partial charge in [-0.25, -0.2) is 4.79 Å². The topological polar surface area (TPSA) is 108 Å². The molecule has 0 fully saturated rings. The number of benzene rings is 2. The number of rotatable bonds is 6. The maximum absolute atomic E-state index is 12.2. The van der Waals surface area contributed by atoms with Crippen LogP contribution in [0.15, 0.2) is 48.5 Å². The third-order valence-corrected chi connectivity index (χ3v) is 3.39. The van der Waals surface area contributed by atoms with Gasteiger partial charge in [-0.3, -0.25) is 9.59 Å². The van der Waals surface area contributed by atoms with Crippen molar-refractivity contribution in [2.75, 3.05) is 12.4 Å². The molecule has 0 bridgehead atoms. The Labute approximate surface area is 144 Å². The molecule has 0 unspecified atom stereocenters. The molecule has 1 atom stereocenters. The lowest BCUT2D eigenvalue weighted by Gasteiger charge is -2.15. The molecule has 25 heavy (non-hydrogen) atoms. The number of nitrogens with one attached hydrogen (secondary N) is 1. The van der Waals surface area contributed by atoms with Gasteiger partial charge >= 0.3 is 5.97 Å². The van der Waals surface area contributed by atoms with Gasteiger partial charge in [0.25, 0.3) is 5.91 Å². The van der Waals surface area contributed by atoms with Crippen LogP contribution in [0, 0.1) is 0 Å². The second-order valence-electron chi connectivity index (χ2n) is 5.21. The van der Waals surface area contributed by atoms with Crippen molar-refractivity contribution in [2.45, 2.75) is 13.0 Å². The number of anilines is 1. The highest BCUT2D eigenvalue weighted by molar-refractivity contribution is 5.96. The number of amides is 2. The molecule has 3 N–H and O–H groups in total.